The van der Waals surface area contributed by atoms with Crippen molar-refractivity contribution >= 4 is 39.5 Å². The molecular formula is C28H34N6O3S2. The van der Waals surface area contributed by atoms with Gasteiger partial charge in [-0.3, -0.25) is 14.5 Å². The molecule has 1 aromatic carbocycles. The van der Waals surface area contributed by atoms with E-state index in [0.29, 0.717) is 6.54 Å². The van der Waals surface area contributed by atoms with E-state index in [1.165, 1.54) is 35.0 Å². The lowest BCUT2D eigenvalue weighted by molar-refractivity contribution is -0.119. The van der Waals surface area contributed by atoms with Crippen LogP contribution in [0, 0.1) is 0 Å². The van der Waals surface area contributed by atoms with Crippen molar-refractivity contribution in [2.45, 2.75) is 63.4 Å². The first kappa shape index (κ1) is 26.5. The fourth-order valence-corrected chi connectivity index (χ4v) is 7.80. The van der Waals surface area contributed by atoms with Crippen molar-refractivity contribution in [1.29, 1.82) is 0 Å². The Hall–Kier alpha value is -2.67. The molecule has 6 N–H and O–H groups in total. The predicted molar refractivity (Wildman–Crippen MR) is 154 cm³/mol. The molecule has 2 unspecified atom stereocenters. The number of rotatable bonds is 8. The zero-order valence-corrected chi connectivity index (χ0v) is 23.5. The number of carbonyl (C=O) groups excluding carboxylic acids is 2. The molecule has 2 saturated heterocycles. The fraction of sp³-hybridized carbons (Fsp3) is 0.464. The first-order chi connectivity index (χ1) is 18.9. The molecule has 6 rings (SSSR count). The molecule has 2 fully saturated rings. The average Bonchev–Trinajstić information content (AvgIpc) is 3.69. The Balaban J connectivity index is 1.09. The zero-order valence-electron chi connectivity index (χ0n) is 21.9. The number of aliphatic hydroxyl groups is 1. The van der Waals surface area contributed by atoms with Crippen molar-refractivity contribution in [2.24, 2.45) is 5.73 Å². The maximum atomic E-state index is 12.4. The molecule has 2 aromatic heterocycles. The van der Waals surface area contributed by atoms with Crippen LogP contribution in [-0.2, 0) is 22.6 Å². The number of thiophene rings is 1. The molecule has 206 valence electrons. The van der Waals surface area contributed by atoms with Gasteiger partial charge in [-0.2, -0.15) is 0 Å². The topological polar surface area (TPSA) is 133 Å². The van der Waals surface area contributed by atoms with Crippen molar-refractivity contribution < 1.29 is 14.7 Å². The van der Waals surface area contributed by atoms with Crippen molar-refractivity contribution in [3.05, 3.63) is 57.0 Å². The van der Waals surface area contributed by atoms with E-state index < -0.39 is 6.23 Å². The summed E-state index contributed by atoms with van der Waals surface area (Å²) >= 11 is 3.14. The second kappa shape index (κ2) is 11.1. The lowest BCUT2D eigenvalue weighted by Gasteiger charge is -2.40. The van der Waals surface area contributed by atoms with Crippen LogP contribution in [0.25, 0.3) is 10.4 Å². The summed E-state index contributed by atoms with van der Waals surface area (Å²) in [6.07, 6.45) is 4.98. The second-order valence-electron chi connectivity index (χ2n) is 10.6. The summed E-state index contributed by atoms with van der Waals surface area (Å²) in [5.41, 5.74) is 11.2. The molecule has 4 heterocycles. The molecule has 11 heteroatoms. The minimum absolute atomic E-state index is 0.00558. The molecule has 0 bridgehead atoms. The Morgan fingerprint density at radius 1 is 1.23 bits per heavy atom. The van der Waals surface area contributed by atoms with Gasteiger partial charge in [-0.25, -0.2) is 4.98 Å². The van der Waals surface area contributed by atoms with E-state index in [9.17, 15) is 14.7 Å². The number of amides is 2. The van der Waals surface area contributed by atoms with Crippen molar-refractivity contribution in [3.8, 4) is 10.4 Å². The molecule has 2 aliphatic heterocycles. The number of anilines is 1. The molecule has 0 radical (unpaired) electrons. The molecule has 3 aliphatic rings. The zero-order chi connectivity index (χ0) is 27.1. The van der Waals surface area contributed by atoms with E-state index in [0.717, 1.165) is 70.6 Å². The van der Waals surface area contributed by atoms with E-state index in [1.54, 1.807) is 11.3 Å². The number of hydrogen-bond acceptors (Lipinski definition) is 9. The molecule has 3 aromatic rings. The highest BCUT2D eigenvalue weighted by Crippen LogP contribution is 2.43. The van der Waals surface area contributed by atoms with Gasteiger partial charge in [0.25, 0.3) is 0 Å². The molecule has 0 spiro atoms. The summed E-state index contributed by atoms with van der Waals surface area (Å²) in [5, 5.41) is 21.9. The third-order valence-corrected chi connectivity index (χ3v) is 10.2. The molecule has 3 atom stereocenters. The smallest absolute Gasteiger partial charge is 0.242 e. The number of thiazole rings is 1. The van der Waals surface area contributed by atoms with Gasteiger partial charge in [-0.15, -0.1) is 22.7 Å². The molecule has 0 saturated carbocycles. The lowest BCUT2D eigenvalue weighted by atomic mass is 9.96. The minimum Gasteiger partial charge on any atom is -0.373 e. The number of carbonyl (C=O) groups is 2. The van der Waals surface area contributed by atoms with Gasteiger partial charge in [0, 0.05) is 44.7 Å². The number of nitrogens with zero attached hydrogens (tertiary/aromatic N) is 2. The summed E-state index contributed by atoms with van der Waals surface area (Å²) in [4.78, 5) is 32.6. The molecule has 2 amide bonds. The number of likely N-dealkylation sites (tertiary alicyclic amines) is 1. The Bertz CT molecular complexity index is 1380. The Morgan fingerprint density at radius 2 is 2.08 bits per heavy atom. The van der Waals surface area contributed by atoms with Crippen LogP contribution >= 0.6 is 22.7 Å². The van der Waals surface area contributed by atoms with Crippen LogP contribution in [0.4, 0.5) is 5.00 Å². The summed E-state index contributed by atoms with van der Waals surface area (Å²) in [6.45, 7) is 4.37. The Labute approximate surface area is 235 Å². The fourth-order valence-electron chi connectivity index (χ4n) is 5.82. The van der Waals surface area contributed by atoms with Gasteiger partial charge in [0.05, 0.1) is 25.8 Å². The number of nitrogens with one attached hydrogen (secondary N) is 3. The molecule has 39 heavy (non-hydrogen) atoms. The minimum atomic E-state index is -0.693. The lowest BCUT2D eigenvalue weighted by Crippen LogP contribution is -2.46. The SMILES string of the molecule is CC(=O)NCc1ccc(-c2cnc(C3CN(C(O)c4ccc(NC(=O)[C@@H]5CCCN5)s4)C3)s2)c2c1C(N)CC2. The van der Waals surface area contributed by atoms with Gasteiger partial charge >= 0.3 is 0 Å². The van der Waals surface area contributed by atoms with Crippen LogP contribution in [0.2, 0.25) is 0 Å². The van der Waals surface area contributed by atoms with E-state index in [4.69, 9.17) is 10.7 Å². The van der Waals surface area contributed by atoms with Crippen molar-refractivity contribution in [3.63, 3.8) is 0 Å². The highest BCUT2D eigenvalue weighted by molar-refractivity contribution is 7.16. The van der Waals surface area contributed by atoms with Crippen LogP contribution < -0.4 is 21.7 Å². The maximum Gasteiger partial charge on any atom is 0.242 e. The van der Waals surface area contributed by atoms with Gasteiger partial charge in [-0.05, 0) is 66.6 Å². The van der Waals surface area contributed by atoms with Gasteiger partial charge in [0.15, 0.2) is 0 Å². The molecule has 9 nitrogen and oxygen atoms in total. The third-order valence-electron chi connectivity index (χ3n) is 7.95. The van der Waals surface area contributed by atoms with Gasteiger partial charge < -0.3 is 26.8 Å². The third kappa shape index (κ3) is 5.39. The van der Waals surface area contributed by atoms with E-state index in [2.05, 4.69) is 28.1 Å². The number of hydrogen-bond donors (Lipinski definition) is 5. The summed E-state index contributed by atoms with van der Waals surface area (Å²) < 4.78 is 0. The van der Waals surface area contributed by atoms with Crippen LogP contribution in [0.5, 0.6) is 0 Å². The van der Waals surface area contributed by atoms with Crippen molar-refractivity contribution in [2.75, 3.05) is 25.0 Å². The van der Waals surface area contributed by atoms with Gasteiger partial charge in [-0.1, -0.05) is 12.1 Å². The van der Waals surface area contributed by atoms with Crippen LogP contribution in [0.1, 0.15) is 70.9 Å². The predicted octanol–water partition coefficient (Wildman–Crippen LogP) is 3.23. The standard InChI is InChI=1S/C28H34N6O3S2/c1-15(35)31-11-16-4-5-18(19-6-7-20(29)25(16)19)23-12-32-27(39-23)17-13-34(14-17)28(37)22-8-9-24(38-22)33-26(36)21-3-2-10-30-21/h4-5,8-9,12,17,20-21,28,30,37H,2-3,6-7,10-11,13-14,29H2,1H3,(H,31,35)(H,33,36)/t20?,21-,28?/m0/s1. The number of nitrogens with two attached hydrogens (primary N) is 1. The van der Waals surface area contributed by atoms with Crippen LogP contribution in [0.3, 0.4) is 0 Å². The highest BCUT2D eigenvalue weighted by atomic mass is 32.1. The summed E-state index contributed by atoms with van der Waals surface area (Å²) in [7, 11) is 0. The molecule has 1 aliphatic carbocycles. The number of aromatic nitrogens is 1. The monoisotopic (exact) mass is 566 g/mol. The van der Waals surface area contributed by atoms with E-state index in [1.807, 2.05) is 23.2 Å². The van der Waals surface area contributed by atoms with Crippen LogP contribution in [0.15, 0.2) is 30.5 Å². The first-order valence-electron chi connectivity index (χ1n) is 13.5. The largest absolute Gasteiger partial charge is 0.373 e. The van der Waals surface area contributed by atoms with E-state index in [-0.39, 0.29) is 29.8 Å². The number of benzene rings is 1. The van der Waals surface area contributed by atoms with E-state index >= 15 is 0 Å². The van der Waals surface area contributed by atoms with Crippen molar-refractivity contribution in [1.82, 2.24) is 20.5 Å². The number of fused-ring (bicyclic) bond motifs is 1. The molecular weight excluding hydrogens is 532 g/mol. The average molecular weight is 567 g/mol. The van der Waals surface area contributed by atoms with Crippen LogP contribution in [-0.4, -0.2) is 52.5 Å². The highest BCUT2D eigenvalue weighted by Gasteiger charge is 2.36. The quantitative estimate of drug-likeness (QED) is 0.283. The normalized spacial score (nSPS) is 21.9. The maximum absolute atomic E-state index is 12.4. The second-order valence-corrected chi connectivity index (χ2v) is 12.8. The Morgan fingerprint density at radius 3 is 2.85 bits per heavy atom. The van der Waals surface area contributed by atoms with Gasteiger partial charge in [0.2, 0.25) is 11.8 Å². The van der Waals surface area contributed by atoms with Gasteiger partial charge in [0.1, 0.15) is 6.23 Å². The summed E-state index contributed by atoms with van der Waals surface area (Å²) in [5.74, 6) is 0.226. The summed E-state index contributed by atoms with van der Waals surface area (Å²) in [6, 6.07) is 7.84. The Kier molecular flexibility index (Phi) is 7.54. The first-order valence-corrected chi connectivity index (χ1v) is 15.2. The number of aliphatic hydroxyl groups excluding tert-OH is 1.